The Bertz CT molecular complexity index is 491. The van der Waals surface area contributed by atoms with Gasteiger partial charge in [0.2, 0.25) is 0 Å². The molecule has 15 heavy (non-hydrogen) atoms. The molecule has 0 aliphatic rings. The average Bonchev–Trinajstić information content (AvgIpc) is 2.42. The molecular weight excluding hydrogens is 367 g/mol. The van der Waals surface area contributed by atoms with Crippen LogP contribution in [0.25, 0.3) is 10.9 Å². The summed E-state index contributed by atoms with van der Waals surface area (Å²) in [5.41, 5.74) is 1.22. The van der Waals surface area contributed by atoms with E-state index < -0.39 is 0 Å². The lowest BCUT2D eigenvalue weighted by Crippen LogP contribution is -2.02. The molecule has 0 aliphatic heterocycles. The minimum Gasteiger partial charge on any atom is -0.345 e. The number of aromatic nitrogens is 2. The number of hydrogen-bond donors (Lipinski definition) is 0. The van der Waals surface area contributed by atoms with Gasteiger partial charge in [-0.25, -0.2) is 4.98 Å². The molecule has 0 aliphatic carbocycles. The minimum atomic E-state index is 0.653. The van der Waals surface area contributed by atoms with Crippen LogP contribution in [0.15, 0.2) is 23.1 Å². The number of fused-ring (bicyclic) bond motifs is 1. The molecule has 2 heterocycles. The van der Waals surface area contributed by atoms with Gasteiger partial charge in [-0.05, 0) is 50.5 Å². The summed E-state index contributed by atoms with van der Waals surface area (Å²) in [5.74, 6) is 0.653. The van der Waals surface area contributed by atoms with Gasteiger partial charge in [-0.1, -0.05) is 13.8 Å². The Hall–Kier alpha value is -0.100. The van der Waals surface area contributed by atoms with Gasteiger partial charge in [-0.3, -0.25) is 0 Å². The lowest BCUT2D eigenvalue weighted by molar-refractivity contribution is 0.534. The SMILES string of the molecule is CC(C)Cn1cc(I)c2cc(Br)ncc21. The normalized spacial score (nSPS) is 11.5. The predicted molar refractivity (Wildman–Crippen MR) is 75.0 cm³/mol. The van der Waals surface area contributed by atoms with E-state index in [0.717, 1.165) is 11.1 Å². The van der Waals surface area contributed by atoms with E-state index in [1.807, 2.05) is 6.20 Å². The summed E-state index contributed by atoms with van der Waals surface area (Å²) in [4.78, 5) is 4.28. The van der Waals surface area contributed by atoms with Crippen molar-refractivity contribution in [2.45, 2.75) is 20.4 Å². The predicted octanol–water partition coefficient (Wildman–Crippen LogP) is 4.06. The van der Waals surface area contributed by atoms with Crippen molar-refractivity contribution in [3.63, 3.8) is 0 Å². The summed E-state index contributed by atoms with van der Waals surface area (Å²) < 4.78 is 4.46. The number of hydrogen-bond acceptors (Lipinski definition) is 1. The van der Waals surface area contributed by atoms with Crippen molar-refractivity contribution in [3.05, 3.63) is 26.6 Å². The lowest BCUT2D eigenvalue weighted by Gasteiger charge is -2.07. The molecule has 0 atom stereocenters. The molecule has 2 aromatic heterocycles. The molecular formula is C11H12BrIN2. The zero-order valence-corrected chi connectivity index (χ0v) is 12.4. The lowest BCUT2D eigenvalue weighted by atomic mass is 10.2. The number of pyridine rings is 1. The van der Waals surface area contributed by atoms with Crippen LogP contribution in [0.2, 0.25) is 0 Å². The third-order valence-corrected chi connectivity index (χ3v) is 3.54. The summed E-state index contributed by atoms with van der Waals surface area (Å²) in [6.45, 7) is 5.50. The zero-order chi connectivity index (χ0) is 11.0. The Morgan fingerprint density at radius 1 is 1.53 bits per heavy atom. The van der Waals surface area contributed by atoms with Crippen LogP contribution < -0.4 is 0 Å². The molecule has 0 saturated carbocycles. The van der Waals surface area contributed by atoms with Crippen LogP contribution in [0.1, 0.15) is 13.8 Å². The smallest absolute Gasteiger partial charge is 0.106 e. The fourth-order valence-electron chi connectivity index (χ4n) is 1.66. The summed E-state index contributed by atoms with van der Waals surface area (Å²) in [6.07, 6.45) is 4.13. The second-order valence-electron chi connectivity index (χ2n) is 4.05. The van der Waals surface area contributed by atoms with E-state index >= 15 is 0 Å². The first-order chi connectivity index (χ1) is 7.08. The van der Waals surface area contributed by atoms with Crippen molar-refractivity contribution in [1.82, 2.24) is 9.55 Å². The topological polar surface area (TPSA) is 17.8 Å². The standard InChI is InChI=1S/C11H12BrIN2/c1-7(2)5-15-6-9(13)8-3-11(12)14-4-10(8)15/h3-4,6-7H,5H2,1-2H3. The molecule has 0 N–H and O–H groups in total. The van der Waals surface area contributed by atoms with Crippen molar-refractivity contribution in [2.75, 3.05) is 0 Å². The van der Waals surface area contributed by atoms with Crippen LogP contribution >= 0.6 is 38.5 Å². The Kier molecular flexibility index (Phi) is 3.35. The van der Waals surface area contributed by atoms with E-state index in [4.69, 9.17) is 0 Å². The third kappa shape index (κ3) is 2.36. The van der Waals surface area contributed by atoms with E-state index in [-0.39, 0.29) is 0 Å². The van der Waals surface area contributed by atoms with Gasteiger partial charge >= 0.3 is 0 Å². The van der Waals surface area contributed by atoms with Gasteiger partial charge in [0.1, 0.15) is 4.60 Å². The first kappa shape index (κ1) is 11.4. The zero-order valence-electron chi connectivity index (χ0n) is 8.67. The van der Waals surface area contributed by atoms with E-state index in [1.165, 1.54) is 14.5 Å². The molecule has 0 fully saturated rings. The fourth-order valence-corrected chi connectivity index (χ4v) is 2.76. The van der Waals surface area contributed by atoms with Gasteiger partial charge in [0.15, 0.2) is 0 Å². The molecule has 0 amide bonds. The van der Waals surface area contributed by atoms with Crippen molar-refractivity contribution in [3.8, 4) is 0 Å². The highest BCUT2D eigenvalue weighted by Crippen LogP contribution is 2.25. The van der Waals surface area contributed by atoms with Gasteiger partial charge in [0.25, 0.3) is 0 Å². The summed E-state index contributed by atoms with van der Waals surface area (Å²) in [6, 6.07) is 2.08. The highest BCUT2D eigenvalue weighted by atomic mass is 127. The van der Waals surface area contributed by atoms with Crippen LogP contribution in [-0.2, 0) is 6.54 Å². The highest BCUT2D eigenvalue weighted by Gasteiger charge is 2.08. The fraction of sp³-hybridized carbons (Fsp3) is 0.364. The first-order valence-corrected chi connectivity index (χ1v) is 6.75. The van der Waals surface area contributed by atoms with Crippen molar-refractivity contribution in [2.24, 2.45) is 5.92 Å². The van der Waals surface area contributed by atoms with Gasteiger partial charge < -0.3 is 4.57 Å². The summed E-state index contributed by atoms with van der Waals surface area (Å²) >= 11 is 5.78. The highest BCUT2D eigenvalue weighted by molar-refractivity contribution is 14.1. The van der Waals surface area contributed by atoms with E-state index in [1.54, 1.807) is 0 Å². The second-order valence-corrected chi connectivity index (χ2v) is 6.02. The Balaban J connectivity index is 2.57. The Labute approximate surface area is 111 Å². The Morgan fingerprint density at radius 2 is 2.27 bits per heavy atom. The van der Waals surface area contributed by atoms with Crippen LogP contribution in [0.4, 0.5) is 0 Å². The van der Waals surface area contributed by atoms with Crippen molar-refractivity contribution in [1.29, 1.82) is 0 Å². The van der Waals surface area contributed by atoms with Crippen LogP contribution in [0, 0.1) is 9.49 Å². The molecule has 0 bridgehead atoms. The average molecular weight is 379 g/mol. The van der Waals surface area contributed by atoms with E-state index in [2.05, 4.69) is 74.2 Å². The van der Waals surface area contributed by atoms with E-state index in [0.29, 0.717) is 5.92 Å². The first-order valence-electron chi connectivity index (χ1n) is 4.88. The van der Waals surface area contributed by atoms with E-state index in [9.17, 15) is 0 Å². The van der Waals surface area contributed by atoms with Crippen LogP contribution in [-0.4, -0.2) is 9.55 Å². The van der Waals surface area contributed by atoms with Gasteiger partial charge in [-0.15, -0.1) is 0 Å². The number of rotatable bonds is 2. The quantitative estimate of drug-likeness (QED) is 0.569. The number of nitrogens with zero attached hydrogens (tertiary/aromatic N) is 2. The second kappa shape index (κ2) is 4.41. The van der Waals surface area contributed by atoms with Crippen molar-refractivity contribution >= 4 is 49.4 Å². The molecule has 0 radical (unpaired) electrons. The molecule has 0 saturated heterocycles. The molecule has 0 unspecified atom stereocenters. The summed E-state index contributed by atoms with van der Waals surface area (Å²) in [7, 11) is 0. The maximum absolute atomic E-state index is 4.28. The van der Waals surface area contributed by atoms with Crippen molar-refractivity contribution < 1.29 is 0 Å². The molecule has 0 aromatic carbocycles. The minimum absolute atomic E-state index is 0.653. The van der Waals surface area contributed by atoms with Crippen LogP contribution in [0.3, 0.4) is 0 Å². The molecule has 2 nitrogen and oxygen atoms in total. The number of halogens is 2. The molecule has 0 spiro atoms. The monoisotopic (exact) mass is 378 g/mol. The molecule has 2 aromatic rings. The largest absolute Gasteiger partial charge is 0.345 e. The third-order valence-electron chi connectivity index (χ3n) is 2.25. The maximum atomic E-state index is 4.28. The van der Waals surface area contributed by atoms with Gasteiger partial charge in [0.05, 0.1) is 11.7 Å². The molecule has 4 heteroatoms. The summed E-state index contributed by atoms with van der Waals surface area (Å²) in [5, 5.41) is 1.28. The Morgan fingerprint density at radius 3 is 2.93 bits per heavy atom. The van der Waals surface area contributed by atoms with Gasteiger partial charge in [-0.2, -0.15) is 0 Å². The molecule has 2 rings (SSSR count). The maximum Gasteiger partial charge on any atom is 0.106 e. The van der Waals surface area contributed by atoms with Crippen LogP contribution in [0.5, 0.6) is 0 Å². The van der Waals surface area contributed by atoms with Gasteiger partial charge in [0, 0.05) is 21.7 Å². The molecule has 80 valence electrons.